The van der Waals surface area contributed by atoms with E-state index in [1.165, 1.54) is 11.1 Å². The van der Waals surface area contributed by atoms with Crippen molar-refractivity contribution in [3.8, 4) is 0 Å². The molecule has 0 unspecified atom stereocenters. The molecule has 0 aromatic carbocycles. The summed E-state index contributed by atoms with van der Waals surface area (Å²) in [6.07, 6.45) is 5.22. The first-order chi connectivity index (χ1) is 8.29. The number of nitrogens with zero attached hydrogens (tertiary/aromatic N) is 1. The van der Waals surface area contributed by atoms with E-state index in [-0.39, 0.29) is 0 Å². The zero-order valence-electron chi connectivity index (χ0n) is 10.3. The molecular weight excluding hydrogens is 216 g/mol. The molecule has 0 fully saturated rings. The smallest absolute Gasteiger partial charge is 0.122 e. The van der Waals surface area contributed by atoms with E-state index in [2.05, 4.69) is 17.3 Å². The van der Waals surface area contributed by atoms with Crippen molar-refractivity contribution in [2.24, 2.45) is 0 Å². The first-order valence-electron chi connectivity index (χ1n) is 5.69. The molecule has 4 nitrogen and oxygen atoms in total. The topological polar surface area (TPSA) is 41.6 Å². The summed E-state index contributed by atoms with van der Waals surface area (Å²) < 4.78 is 10.5. The minimum absolute atomic E-state index is 0.766. The van der Waals surface area contributed by atoms with E-state index in [0.717, 1.165) is 25.4 Å². The summed E-state index contributed by atoms with van der Waals surface area (Å²) in [7, 11) is 4.00. The highest BCUT2D eigenvalue weighted by Crippen LogP contribution is 2.14. The zero-order valence-corrected chi connectivity index (χ0v) is 10.3. The van der Waals surface area contributed by atoms with Crippen molar-refractivity contribution in [3.05, 3.63) is 47.8 Å². The highest BCUT2D eigenvalue weighted by Gasteiger charge is 2.09. The van der Waals surface area contributed by atoms with E-state index in [9.17, 15) is 0 Å². The largest absolute Gasteiger partial charge is 0.472 e. The molecule has 0 saturated carbocycles. The van der Waals surface area contributed by atoms with Crippen LogP contribution in [-0.2, 0) is 19.6 Å². The van der Waals surface area contributed by atoms with Gasteiger partial charge in [0.25, 0.3) is 0 Å². The van der Waals surface area contributed by atoms with Crippen molar-refractivity contribution in [2.45, 2.75) is 19.6 Å². The van der Waals surface area contributed by atoms with Crippen molar-refractivity contribution in [3.63, 3.8) is 0 Å². The van der Waals surface area contributed by atoms with E-state index in [0.29, 0.717) is 0 Å². The van der Waals surface area contributed by atoms with Crippen molar-refractivity contribution in [2.75, 3.05) is 14.1 Å². The molecule has 2 heterocycles. The van der Waals surface area contributed by atoms with Gasteiger partial charge in [0.15, 0.2) is 0 Å². The molecule has 0 atom stereocenters. The van der Waals surface area contributed by atoms with Crippen LogP contribution in [0.5, 0.6) is 0 Å². The third-order valence-electron chi connectivity index (χ3n) is 2.65. The van der Waals surface area contributed by atoms with Crippen LogP contribution in [-0.4, -0.2) is 19.0 Å². The Morgan fingerprint density at radius 3 is 2.82 bits per heavy atom. The van der Waals surface area contributed by atoms with Gasteiger partial charge in [0.05, 0.1) is 25.3 Å². The maximum absolute atomic E-state index is 5.43. The lowest BCUT2D eigenvalue weighted by atomic mass is 10.2. The van der Waals surface area contributed by atoms with Gasteiger partial charge in [0.2, 0.25) is 0 Å². The fraction of sp³-hybridized carbons (Fsp3) is 0.385. The van der Waals surface area contributed by atoms with Crippen molar-refractivity contribution in [1.82, 2.24) is 10.2 Å². The van der Waals surface area contributed by atoms with Gasteiger partial charge in [0.1, 0.15) is 5.76 Å². The van der Waals surface area contributed by atoms with Gasteiger partial charge in [-0.05, 0) is 26.2 Å². The summed E-state index contributed by atoms with van der Waals surface area (Å²) in [5, 5.41) is 3.10. The van der Waals surface area contributed by atoms with Crippen molar-refractivity contribution >= 4 is 0 Å². The lowest BCUT2D eigenvalue weighted by Gasteiger charge is -2.15. The summed E-state index contributed by atoms with van der Waals surface area (Å²) in [5.41, 5.74) is 2.41. The molecule has 0 aliphatic heterocycles. The Kier molecular flexibility index (Phi) is 4.01. The van der Waals surface area contributed by atoms with Crippen LogP contribution in [0.3, 0.4) is 0 Å². The normalized spacial score (nSPS) is 11.2. The summed E-state index contributed by atoms with van der Waals surface area (Å²) in [6.45, 7) is 2.52. The molecule has 4 heteroatoms. The first-order valence-corrected chi connectivity index (χ1v) is 5.69. The first kappa shape index (κ1) is 12.0. The minimum Gasteiger partial charge on any atom is -0.472 e. The predicted octanol–water partition coefficient (Wildman–Crippen LogP) is 2.22. The molecule has 0 aliphatic rings. The monoisotopic (exact) mass is 234 g/mol. The number of furan rings is 2. The molecule has 0 saturated heterocycles. The quantitative estimate of drug-likeness (QED) is 0.832. The van der Waals surface area contributed by atoms with Crippen LogP contribution in [0.2, 0.25) is 0 Å². The van der Waals surface area contributed by atoms with Gasteiger partial charge in [-0.25, -0.2) is 0 Å². The molecule has 0 bridgehead atoms. The van der Waals surface area contributed by atoms with E-state index in [1.54, 1.807) is 18.8 Å². The average molecular weight is 234 g/mol. The predicted molar refractivity (Wildman–Crippen MR) is 65.4 cm³/mol. The van der Waals surface area contributed by atoms with Gasteiger partial charge in [-0.15, -0.1) is 0 Å². The fourth-order valence-corrected chi connectivity index (χ4v) is 1.86. The molecule has 17 heavy (non-hydrogen) atoms. The molecule has 0 spiro atoms. The van der Waals surface area contributed by atoms with Crippen LogP contribution < -0.4 is 5.32 Å². The molecule has 0 radical (unpaired) electrons. The fourth-order valence-electron chi connectivity index (χ4n) is 1.86. The standard InChI is InChI=1S/C13H18N2O2/c1-14-7-13-12(4-6-17-13)9-15(2)8-11-3-5-16-10-11/h3-6,10,14H,7-9H2,1-2H3. The highest BCUT2D eigenvalue weighted by atomic mass is 16.3. The third kappa shape index (κ3) is 3.22. The highest BCUT2D eigenvalue weighted by molar-refractivity contribution is 5.17. The second-order valence-electron chi connectivity index (χ2n) is 4.20. The summed E-state index contributed by atoms with van der Waals surface area (Å²) in [4.78, 5) is 2.23. The number of hydrogen-bond acceptors (Lipinski definition) is 4. The Hall–Kier alpha value is -1.52. The van der Waals surface area contributed by atoms with Crippen LogP contribution in [0, 0.1) is 0 Å². The van der Waals surface area contributed by atoms with E-state index < -0.39 is 0 Å². The van der Waals surface area contributed by atoms with Gasteiger partial charge in [-0.1, -0.05) is 0 Å². The Balaban J connectivity index is 1.93. The van der Waals surface area contributed by atoms with E-state index in [1.807, 2.05) is 19.2 Å². The second-order valence-corrected chi connectivity index (χ2v) is 4.20. The van der Waals surface area contributed by atoms with Gasteiger partial charge < -0.3 is 14.2 Å². The van der Waals surface area contributed by atoms with Crippen LogP contribution in [0.15, 0.2) is 39.8 Å². The molecule has 2 aromatic heterocycles. The maximum atomic E-state index is 5.43. The number of nitrogens with one attached hydrogen (secondary N) is 1. The Morgan fingerprint density at radius 2 is 2.12 bits per heavy atom. The second kappa shape index (κ2) is 5.70. The van der Waals surface area contributed by atoms with E-state index >= 15 is 0 Å². The Labute approximate surface area is 101 Å². The Bertz CT molecular complexity index is 434. The summed E-state index contributed by atoms with van der Waals surface area (Å²) in [5.74, 6) is 1.01. The van der Waals surface area contributed by atoms with Crippen LogP contribution >= 0.6 is 0 Å². The Morgan fingerprint density at radius 1 is 1.24 bits per heavy atom. The van der Waals surface area contributed by atoms with Crippen molar-refractivity contribution < 1.29 is 8.83 Å². The molecule has 1 N–H and O–H groups in total. The third-order valence-corrected chi connectivity index (χ3v) is 2.65. The zero-order chi connectivity index (χ0) is 12.1. The SMILES string of the molecule is CNCc1occc1CN(C)Cc1ccoc1. The van der Waals surface area contributed by atoms with Gasteiger partial charge in [-0.3, -0.25) is 4.90 Å². The minimum atomic E-state index is 0.766. The summed E-state index contributed by atoms with van der Waals surface area (Å²) in [6, 6.07) is 4.01. The molecule has 0 amide bonds. The lowest BCUT2D eigenvalue weighted by molar-refractivity contribution is 0.314. The van der Waals surface area contributed by atoms with E-state index in [4.69, 9.17) is 8.83 Å². The summed E-state index contributed by atoms with van der Waals surface area (Å²) >= 11 is 0. The molecule has 0 aliphatic carbocycles. The number of rotatable bonds is 6. The molecule has 2 rings (SSSR count). The van der Waals surface area contributed by atoms with Gasteiger partial charge in [0, 0.05) is 24.2 Å². The molecular formula is C13H18N2O2. The molecule has 2 aromatic rings. The average Bonchev–Trinajstić information content (AvgIpc) is 2.92. The lowest BCUT2D eigenvalue weighted by Crippen LogP contribution is -2.18. The van der Waals surface area contributed by atoms with Crippen LogP contribution in [0.4, 0.5) is 0 Å². The molecule has 92 valence electrons. The van der Waals surface area contributed by atoms with Crippen LogP contribution in [0.1, 0.15) is 16.9 Å². The van der Waals surface area contributed by atoms with Crippen molar-refractivity contribution in [1.29, 1.82) is 0 Å². The van der Waals surface area contributed by atoms with Crippen LogP contribution in [0.25, 0.3) is 0 Å². The maximum Gasteiger partial charge on any atom is 0.122 e. The van der Waals surface area contributed by atoms with Gasteiger partial charge in [-0.2, -0.15) is 0 Å². The number of hydrogen-bond donors (Lipinski definition) is 1. The van der Waals surface area contributed by atoms with Gasteiger partial charge >= 0.3 is 0 Å².